The molecule has 4 rings (SSSR count). The number of Topliss-reactive ketones (excluding diaryl/α,β-unsaturated/α-hetero) is 1. The Hall–Kier alpha value is -2.42. The van der Waals surface area contributed by atoms with E-state index in [1.54, 1.807) is 24.8 Å². The zero-order valence-corrected chi connectivity index (χ0v) is 26.4. The maximum Gasteiger partial charge on any atom is 0.287 e. The number of carbonyl (C=O) groups excluding carboxylic acids is 4. The van der Waals surface area contributed by atoms with Gasteiger partial charge in [-0.15, -0.1) is 0 Å². The maximum atomic E-state index is 14.5. The van der Waals surface area contributed by atoms with E-state index in [-0.39, 0.29) is 28.1 Å². The summed E-state index contributed by atoms with van der Waals surface area (Å²) in [6, 6.07) is -2.46. The number of likely N-dealkylation sites (tertiary alicyclic amines) is 1. The van der Waals surface area contributed by atoms with Gasteiger partial charge in [-0.05, 0) is 68.6 Å². The van der Waals surface area contributed by atoms with Crippen LogP contribution in [-0.2, 0) is 19.2 Å². The van der Waals surface area contributed by atoms with Crippen LogP contribution in [0.25, 0.3) is 0 Å². The number of hydrogen-bond donors (Lipinski definition) is 4. The number of allylic oxidation sites excluding steroid dienone is 1. The van der Waals surface area contributed by atoms with Gasteiger partial charge in [0.25, 0.3) is 5.91 Å². The summed E-state index contributed by atoms with van der Waals surface area (Å²) in [7, 11) is 0. The molecule has 4 aliphatic rings. The van der Waals surface area contributed by atoms with Crippen LogP contribution in [-0.4, -0.2) is 63.8 Å². The lowest BCUT2D eigenvalue weighted by molar-refractivity contribution is -0.143. The van der Waals surface area contributed by atoms with E-state index in [1.807, 2.05) is 27.7 Å². The SMILES string of the molecule is CC=C(N[C@@H](C(=O)N1C[C@@]2(C[C@H]1C(=O)NC(CC1CCC1)C(=O)C(N)=O)C(C)(C)C21CCC1)C(C)(C)C)C(C)(C)O. The van der Waals surface area contributed by atoms with Crippen molar-refractivity contribution in [2.24, 2.45) is 33.3 Å². The molecule has 3 amide bonds. The first-order valence-electron chi connectivity index (χ1n) is 15.4. The lowest BCUT2D eigenvalue weighted by atomic mass is 9.73. The van der Waals surface area contributed by atoms with Crippen molar-refractivity contribution >= 4 is 23.5 Å². The van der Waals surface area contributed by atoms with E-state index in [4.69, 9.17) is 5.73 Å². The molecule has 9 heteroatoms. The predicted molar refractivity (Wildman–Crippen MR) is 157 cm³/mol. The number of rotatable bonds is 10. The fraction of sp³-hybridized carbons (Fsp3) is 0.812. The predicted octanol–water partition coefficient (Wildman–Crippen LogP) is 3.19. The Bertz CT molecular complexity index is 1120. The quantitative estimate of drug-likeness (QED) is 0.296. The topological polar surface area (TPSA) is 142 Å². The Morgan fingerprint density at radius 3 is 2.02 bits per heavy atom. The number of amides is 3. The molecule has 4 atom stereocenters. The maximum absolute atomic E-state index is 14.5. The number of nitrogens with zero attached hydrogens (tertiary/aromatic N) is 1. The standard InChI is InChI=1S/C32H52N4O5/c1-9-22(29(5,6)41)35-24(28(2,3)4)27(40)36-18-32(30(7,8)31(32)14-11-15-31)17-21(36)26(39)34-20(23(37)25(33)38)16-19-12-10-13-19/h9,19-21,24,35,41H,10-18H2,1-8H3,(H2,33,38)(H,34,39)/t20?,21-,24-,32-/m0/s1. The van der Waals surface area contributed by atoms with Crippen LogP contribution in [0.3, 0.4) is 0 Å². The number of nitrogens with two attached hydrogens (primary N) is 1. The van der Waals surface area contributed by atoms with Crippen molar-refractivity contribution < 1.29 is 24.3 Å². The minimum Gasteiger partial charge on any atom is -0.384 e. The molecule has 0 aromatic heterocycles. The molecule has 1 saturated heterocycles. The van der Waals surface area contributed by atoms with Crippen molar-refractivity contribution in [3.63, 3.8) is 0 Å². The molecule has 1 aliphatic heterocycles. The number of primary amides is 1. The lowest BCUT2D eigenvalue weighted by Crippen LogP contribution is -2.59. The summed E-state index contributed by atoms with van der Waals surface area (Å²) in [4.78, 5) is 54.9. The number of hydrogen-bond acceptors (Lipinski definition) is 6. The largest absolute Gasteiger partial charge is 0.384 e. The van der Waals surface area contributed by atoms with Crippen molar-refractivity contribution in [1.29, 1.82) is 0 Å². The number of ketones is 1. The summed E-state index contributed by atoms with van der Waals surface area (Å²) in [5.74, 6) is -2.16. The van der Waals surface area contributed by atoms with E-state index in [0.29, 0.717) is 25.1 Å². The van der Waals surface area contributed by atoms with Crippen LogP contribution in [0, 0.1) is 27.6 Å². The van der Waals surface area contributed by atoms with Gasteiger partial charge in [0.2, 0.25) is 17.6 Å². The highest BCUT2D eigenvalue weighted by Gasteiger charge is 2.85. The minimum absolute atomic E-state index is 0.0214. The summed E-state index contributed by atoms with van der Waals surface area (Å²) in [5.41, 5.74) is 4.09. The molecule has 1 heterocycles. The third kappa shape index (κ3) is 5.10. The summed E-state index contributed by atoms with van der Waals surface area (Å²) >= 11 is 0. The number of carbonyl (C=O) groups is 4. The molecule has 5 N–H and O–H groups in total. The molecule has 9 nitrogen and oxygen atoms in total. The molecule has 3 aliphatic carbocycles. The number of aliphatic hydroxyl groups is 1. The zero-order chi connectivity index (χ0) is 30.8. The molecule has 3 saturated carbocycles. The van der Waals surface area contributed by atoms with Gasteiger partial charge in [0.1, 0.15) is 12.1 Å². The average molecular weight is 573 g/mol. The molecular weight excluding hydrogens is 520 g/mol. The number of fused-ring (bicyclic) bond motifs is 1. The van der Waals surface area contributed by atoms with Gasteiger partial charge < -0.3 is 26.4 Å². The average Bonchev–Trinajstić information content (AvgIpc) is 3.03. The molecular formula is C32H52N4O5. The van der Waals surface area contributed by atoms with Crippen molar-refractivity contribution in [3.8, 4) is 0 Å². The first-order valence-corrected chi connectivity index (χ1v) is 15.4. The van der Waals surface area contributed by atoms with Gasteiger partial charge >= 0.3 is 0 Å². The second kappa shape index (κ2) is 10.4. The smallest absolute Gasteiger partial charge is 0.287 e. The van der Waals surface area contributed by atoms with E-state index < -0.39 is 46.7 Å². The Balaban J connectivity index is 1.67. The minimum atomic E-state index is -1.18. The van der Waals surface area contributed by atoms with Gasteiger partial charge in [-0.2, -0.15) is 0 Å². The summed E-state index contributed by atoms with van der Waals surface area (Å²) < 4.78 is 0. The Morgan fingerprint density at radius 2 is 1.63 bits per heavy atom. The lowest BCUT2D eigenvalue weighted by Gasteiger charge is -2.38. The first-order chi connectivity index (χ1) is 18.8. The van der Waals surface area contributed by atoms with Crippen LogP contribution in [0.1, 0.15) is 107 Å². The van der Waals surface area contributed by atoms with Gasteiger partial charge in [0.15, 0.2) is 0 Å². The highest BCUT2D eigenvalue weighted by molar-refractivity contribution is 6.37. The Labute approximate surface area is 245 Å². The fourth-order valence-corrected chi connectivity index (χ4v) is 8.38. The molecule has 2 spiro atoms. The van der Waals surface area contributed by atoms with Gasteiger partial charge in [-0.25, -0.2) is 0 Å². The third-order valence-electron chi connectivity index (χ3n) is 11.4. The van der Waals surface area contributed by atoms with Crippen LogP contribution in [0.2, 0.25) is 0 Å². The summed E-state index contributed by atoms with van der Waals surface area (Å²) in [6.45, 7) is 16.1. The third-order valence-corrected chi connectivity index (χ3v) is 11.4. The van der Waals surface area contributed by atoms with E-state index in [2.05, 4.69) is 24.5 Å². The molecule has 0 radical (unpaired) electrons. The molecule has 1 unspecified atom stereocenters. The molecule has 230 valence electrons. The second-order valence-electron chi connectivity index (χ2n) is 15.4. The van der Waals surface area contributed by atoms with Crippen molar-refractivity contribution in [3.05, 3.63) is 11.8 Å². The first kappa shape index (κ1) is 31.5. The highest BCUT2D eigenvalue weighted by Crippen LogP contribution is 2.88. The van der Waals surface area contributed by atoms with Gasteiger partial charge in [0, 0.05) is 17.7 Å². The van der Waals surface area contributed by atoms with Gasteiger partial charge in [-0.3, -0.25) is 19.2 Å². The van der Waals surface area contributed by atoms with Crippen molar-refractivity contribution in [2.45, 2.75) is 130 Å². The summed E-state index contributed by atoms with van der Waals surface area (Å²) in [6.07, 6.45) is 8.99. The Kier molecular flexibility index (Phi) is 7.98. The van der Waals surface area contributed by atoms with Crippen LogP contribution in [0.4, 0.5) is 0 Å². The molecule has 0 bridgehead atoms. The Morgan fingerprint density at radius 1 is 1.02 bits per heavy atom. The highest BCUT2D eigenvalue weighted by atomic mass is 16.3. The van der Waals surface area contributed by atoms with Crippen LogP contribution < -0.4 is 16.4 Å². The number of nitrogens with one attached hydrogen (secondary N) is 2. The van der Waals surface area contributed by atoms with E-state index in [9.17, 15) is 24.3 Å². The molecule has 0 aromatic carbocycles. The van der Waals surface area contributed by atoms with Gasteiger partial charge in [-0.1, -0.05) is 66.4 Å². The van der Waals surface area contributed by atoms with Crippen molar-refractivity contribution in [2.75, 3.05) is 6.54 Å². The van der Waals surface area contributed by atoms with E-state index in [0.717, 1.165) is 38.5 Å². The van der Waals surface area contributed by atoms with E-state index in [1.165, 1.54) is 0 Å². The molecule has 41 heavy (non-hydrogen) atoms. The molecule has 0 aromatic rings. The zero-order valence-electron chi connectivity index (χ0n) is 26.4. The normalized spacial score (nSPS) is 28.5. The van der Waals surface area contributed by atoms with Crippen molar-refractivity contribution in [1.82, 2.24) is 15.5 Å². The van der Waals surface area contributed by atoms with Gasteiger partial charge in [0.05, 0.1) is 11.6 Å². The van der Waals surface area contributed by atoms with Crippen LogP contribution in [0.5, 0.6) is 0 Å². The monoisotopic (exact) mass is 572 g/mol. The summed E-state index contributed by atoms with van der Waals surface area (Å²) in [5, 5.41) is 17.0. The molecule has 4 fully saturated rings. The van der Waals surface area contributed by atoms with Crippen LogP contribution in [0.15, 0.2) is 11.8 Å². The van der Waals surface area contributed by atoms with E-state index >= 15 is 0 Å². The van der Waals surface area contributed by atoms with Crippen LogP contribution >= 0.6 is 0 Å². The fourth-order valence-electron chi connectivity index (χ4n) is 8.38. The second-order valence-corrected chi connectivity index (χ2v) is 15.4.